The van der Waals surface area contributed by atoms with Gasteiger partial charge in [-0.05, 0) is 31.5 Å². The van der Waals surface area contributed by atoms with Gasteiger partial charge in [0.25, 0.3) is 0 Å². The Morgan fingerprint density at radius 3 is 2.61 bits per heavy atom. The van der Waals surface area contributed by atoms with E-state index in [4.69, 9.17) is 14.7 Å². The summed E-state index contributed by atoms with van der Waals surface area (Å²) in [5.74, 6) is 1.73. The van der Waals surface area contributed by atoms with Crippen LogP contribution in [0.5, 0.6) is 11.5 Å². The van der Waals surface area contributed by atoms with E-state index < -0.39 is 0 Å². The highest BCUT2D eigenvalue weighted by molar-refractivity contribution is 5.49. The van der Waals surface area contributed by atoms with E-state index in [1.165, 1.54) is 0 Å². The maximum atomic E-state index is 8.43. The Hall–Kier alpha value is -1.73. The molecule has 0 aliphatic heterocycles. The van der Waals surface area contributed by atoms with Crippen molar-refractivity contribution in [2.75, 3.05) is 27.3 Å². The van der Waals surface area contributed by atoms with Crippen LogP contribution in [-0.4, -0.2) is 27.3 Å². The van der Waals surface area contributed by atoms with Crippen molar-refractivity contribution in [3.8, 4) is 17.6 Å². The molecule has 1 N–H and O–H groups in total. The van der Waals surface area contributed by atoms with Gasteiger partial charge in [-0.2, -0.15) is 5.26 Å². The summed E-state index contributed by atoms with van der Waals surface area (Å²) >= 11 is 0. The van der Waals surface area contributed by atoms with Crippen molar-refractivity contribution in [2.24, 2.45) is 0 Å². The third-order valence-electron chi connectivity index (χ3n) is 2.85. The Kier molecular flexibility index (Phi) is 6.03. The lowest BCUT2D eigenvalue weighted by atomic mass is 10.1. The molecular weight excluding hydrogens is 228 g/mol. The van der Waals surface area contributed by atoms with Gasteiger partial charge in [0.05, 0.1) is 20.3 Å². The molecule has 1 aromatic rings. The Morgan fingerprint density at radius 2 is 2.00 bits per heavy atom. The largest absolute Gasteiger partial charge is 0.496 e. The summed E-state index contributed by atoms with van der Waals surface area (Å²) in [5.41, 5.74) is 2.18. The topological polar surface area (TPSA) is 54.3 Å². The maximum Gasteiger partial charge on any atom is 0.128 e. The number of methoxy groups -OCH3 is 2. The molecule has 0 spiro atoms. The van der Waals surface area contributed by atoms with Gasteiger partial charge < -0.3 is 14.8 Å². The second-order valence-corrected chi connectivity index (χ2v) is 3.99. The highest BCUT2D eigenvalue weighted by Crippen LogP contribution is 2.31. The SMILES string of the molecule is COc1ccc(CCNCCC#N)c(OC)c1C. The van der Waals surface area contributed by atoms with Crippen LogP contribution in [0.25, 0.3) is 0 Å². The number of nitrogens with zero attached hydrogens (tertiary/aromatic N) is 1. The Balaban J connectivity index is 2.66. The van der Waals surface area contributed by atoms with Crippen LogP contribution in [0.2, 0.25) is 0 Å². The van der Waals surface area contributed by atoms with Gasteiger partial charge in [0.2, 0.25) is 0 Å². The molecule has 0 amide bonds. The van der Waals surface area contributed by atoms with Crippen molar-refractivity contribution in [3.63, 3.8) is 0 Å². The predicted octanol–water partition coefficient (Wildman–Crippen LogP) is 2.06. The van der Waals surface area contributed by atoms with Gasteiger partial charge in [0, 0.05) is 18.5 Å². The fourth-order valence-corrected chi connectivity index (χ4v) is 1.92. The molecule has 0 heterocycles. The molecular formula is C14H20N2O2. The summed E-state index contributed by atoms with van der Waals surface area (Å²) in [4.78, 5) is 0. The van der Waals surface area contributed by atoms with Crippen LogP contribution in [0, 0.1) is 18.3 Å². The van der Waals surface area contributed by atoms with Crippen molar-refractivity contribution in [1.29, 1.82) is 5.26 Å². The smallest absolute Gasteiger partial charge is 0.128 e. The monoisotopic (exact) mass is 248 g/mol. The molecule has 0 atom stereocenters. The normalized spacial score (nSPS) is 9.89. The van der Waals surface area contributed by atoms with Gasteiger partial charge in [-0.1, -0.05) is 6.07 Å². The van der Waals surface area contributed by atoms with Crippen molar-refractivity contribution in [1.82, 2.24) is 5.32 Å². The van der Waals surface area contributed by atoms with E-state index in [9.17, 15) is 0 Å². The summed E-state index contributed by atoms with van der Waals surface area (Å²) < 4.78 is 10.7. The highest BCUT2D eigenvalue weighted by atomic mass is 16.5. The van der Waals surface area contributed by atoms with E-state index in [0.717, 1.165) is 42.1 Å². The predicted molar refractivity (Wildman–Crippen MR) is 71.1 cm³/mol. The van der Waals surface area contributed by atoms with Gasteiger partial charge in [0.1, 0.15) is 11.5 Å². The highest BCUT2D eigenvalue weighted by Gasteiger charge is 2.10. The number of nitrogens with one attached hydrogen (secondary N) is 1. The van der Waals surface area contributed by atoms with E-state index in [-0.39, 0.29) is 0 Å². The second kappa shape index (κ2) is 7.57. The second-order valence-electron chi connectivity index (χ2n) is 3.99. The Morgan fingerprint density at radius 1 is 1.22 bits per heavy atom. The van der Waals surface area contributed by atoms with Gasteiger partial charge >= 0.3 is 0 Å². The molecule has 18 heavy (non-hydrogen) atoms. The quantitative estimate of drug-likeness (QED) is 0.750. The summed E-state index contributed by atoms with van der Waals surface area (Å²) in [5, 5.41) is 11.7. The first kappa shape index (κ1) is 14.3. The molecule has 0 aromatic heterocycles. The van der Waals surface area contributed by atoms with Crippen LogP contribution >= 0.6 is 0 Å². The van der Waals surface area contributed by atoms with Crippen LogP contribution in [0.15, 0.2) is 12.1 Å². The van der Waals surface area contributed by atoms with Gasteiger partial charge in [0.15, 0.2) is 0 Å². The third kappa shape index (κ3) is 3.64. The third-order valence-corrected chi connectivity index (χ3v) is 2.85. The summed E-state index contributed by atoms with van der Waals surface area (Å²) in [6.45, 7) is 3.56. The van der Waals surface area contributed by atoms with Crippen LogP contribution in [0.4, 0.5) is 0 Å². The molecule has 0 fully saturated rings. The Bertz CT molecular complexity index is 425. The summed E-state index contributed by atoms with van der Waals surface area (Å²) in [6.07, 6.45) is 1.41. The van der Waals surface area contributed by atoms with Gasteiger partial charge in [-0.15, -0.1) is 0 Å². The fraction of sp³-hybridized carbons (Fsp3) is 0.500. The van der Waals surface area contributed by atoms with E-state index in [0.29, 0.717) is 6.42 Å². The lowest BCUT2D eigenvalue weighted by molar-refractivity contribution is 0.385. The van der Waals surface area contributed by atoms with Crippen molar-refractivity contribution >= 4 is 0 Å². The van der Waals surface area contributed by atoms with Crippen molar-refractivity contribution in [2.45, 2.75) is 19.8 Å². The standard InChI is InChI=1S/C14H20N2O2/c1-11-13(17-2)6-5-12(14(11)18-3)7-10-16-9-4-8-15/h5-6,16H,4,7,9-10H2,1-3H3. The molecule has 1 aromatic carbocycles. The van der Waals surface area contributed by atoms with E-state index in [1.54, 1.807) is 14.2 Å². The summed E-state index contributed by atoms with van der Waals surface area (Å²) in [7, 11) is 3.33. The number of nitriles is 1. The molecule has 4 nitrogen and oxygen atoms in total. The lowest BCUT2D eigenvalue weighted by Gasteiger charge is -2.14. The van der Waals surface area contributed by atoms with Gasteiger partial charge in [-0.25, -0.2) is 0 Å². The molecule has 0 aliphatic rings. The first-order valence-electron chi connectivity index (χ1n) is 6.02. The molecule has 0 bridgehead atoms. The molecule has 0 unspecified atom stereocenters. The number of hydrogen-bond donors (Lipinski definition) is 1. The van der Waals surface area contributed by atoms with Crippen LogP contribution in [0.3, 0.4) is 0 Å². The number of ether oxygens (including phenoxy) is 2. The van der Waals surface area contributed by atoms with E-state index in [1.807, 2.05) is 19.1 Å². The lowest BCUT2D eigenvalue weighted by Crippen LogP contribution is -2.18. The first-order chi connectivity index (χ1) is 8.74. The summed E-state index contributed by atoms with van der Waals surface area (Å²) in [6, 6.07) is 6.09. The zero-order valence-electron chi connectivity index (χ0n) is 11.2. The van der Waals surface area contributed by atoms with E-state index >= 15 is 0 Å². The maximum absolute atomic E-state index is 8.43. The fourth-order valence-electron chi connectivity index (χ4n) is 1.92. The van der Waals surface area contributed by atoms with Crippen LogP contribution in [0.1, 0.15) is 17.5 Å². The molecule has 0 saturated heterocycles. The molecule has 98 valence electrons. The minimum Gasteiger partial charge on any atom is -0.496 e. The van der Waals surface area contributed by atoms with Crippen molar-refractivity contribution in [3.05, 3.63) is 23.3 Å². The zero-order valence-corrected chi connectivity index (χ0v) is 11.2. The van der Waals surface area contributed by atoms with E-state index in [2.05, 4.69) is 11.4 Å². The number of benzene rings is 1. The Labute approximate surface area is 109 Å². The molecule has 0 aliphatic carbocycles. The minimum absolute atomic E-state index is 0.540. The molecule has 1 rings (SSSR count). The molecule has 4 heteroatoms. The molecule has 0 saturated carbocycles. The van der Waals surface area contributed by atoms with Gasteiger partial charge in [-0.3, -0.25) is 0 Å². The average molecular weight is 248 g/mol. The van der Waals surface area contributed by atoms with Crippen LogP contribution < -0.4 is 14.8 Å². The minimum atomic E-state index is 0.540. The zero-order chi connectivity index (χ0) is 13.4. The first-order valence-corrected chi connectivity index (χ1v) is 6.02. The van der Waals surface area contributed by atoms with Crippen LogP contribution in [-0.2, 0) is 6.42 Å². The number of hydrogen-bond acceptors (Lipinski definition) is 4. The van der Waals surface area contributed by atoms with Crippen molar-refractivity contribution < 1.29 is 9.47 Å². The average Bonchev–Trinajstić information content (AvgIpc) is 2.39. The molecule has 0 radical (unpaired) electrons. The number of rotatable bonds is 7.